The molecule has 1 aromatic heterocycles. The second-order valence-corrected chi connectivity index (χ2v) is 5.46. The first kappa shape index (κ1) is 15.0. The molecule has 1 aromatic carbocycles. The lowest BCUT2D eigenvalue weighted by molar-refractivity contribution is -0.145. The number of methoxy groups -OCH3 is 1. The van der Waals surface area contributed by atoms with E-state index < -0.39 is 0 Å². The van der Waals surface area contributed by atoms with Crippen LogP contribution in [0.2, 0.25) is 0 Å². The number of carbonyl (C=O) groups is 1. The predicted octanol–water partition coefficient (Wildman–Crippen LogP) is 1.72. The molecule has 2 heterocycles. The summed E-state index contributed by atoms with van der Waals surface area (Å²) < 4.78 is 23.6. The molecule has 0 spiro atoms. The minimum Gasteiger partial charge on any atom is -0.382 e. The highest BCUT2D eigenvalue weighted by atomic mass is 19.1. The first-order chi connectivity index (χ1) is 10.7. The van der Waals surface area contributed by atoms with E-state index >= 15 is 0 Å². The van der Waals surface area contributed by atoms with E-state index in [9.17, 15) is 9.18 Å². The molecule has 2 aromatic rings. The van der Waals surface area contributed by atoms with Gasteiger partial charge in [-0.05, 0) is 23.8 Å². The van der Waals surface area contributed by atoms with Gasteiger partial charge >= 0.3 is 0 Å². The Labute approximate surface area is 128 Å². The maximum atomic E-state index is 13.2. The average molecular weight is 306 g/mol. The highest BCUT2D eigenvalue weighted by Crippen LogP contribution is 2.21. The summed E-state index contributed by atoms with van der Waals surface area (Å²) in [7, 11) is 1.63. The molecule has 0 saturated carbocycles. The van der Waals surface area contributed by atoms with Crippen LogP contribution in [-0.2, 0) is 20.7 Å². The average Bonchev–Trinajstić information content (AvgIpc) is 2.83. The fraction of sp³-hybridized carbons (Fsp3) is 0.438. The number of H-pyrrole nitrogens is 1. The van der Waals surface area contributed by atoms with Gasteiger partial charge in [0.1, 0.15) is 5.82 Å². The van der Waals surface area contributed by atoms with E-state index in [-0.39, 0.29) is 17.8 Å². The van der Waals surface area contributed by atoms with Crippen LogP contribution in [0, 0.1) is 5.82 Å². The van der Waals surface area contributed by atoms with Gasteiger partial charge in [-0.1, -0.05) is 0 Å². The van der Waals surface area contributed by atoms with E-state index in [0.29, 0.717) is 38.2 Å². The van der Waals surface area contributed by atoms with Crippen LogP contribution < -0.4 is 0 Å². The van der Waals surface area contributed by atoms with Crippen molar-refractivity contribution < 1.29 is 18.7 Å². The molecule has 0 atom stereocenters. The van der Waals surface area contributed by atoms with Crippen LogP contribution >= 0.6 is 0 Å². The number of likely N-dealkylation sites (tertiary alicyclic amines) is 1. The van der Waals surface area contributed by atoms with Crippen LogP contribution in [0.5, 0.6) is 0 Å². The van der Waals surface area contributed by atoms with Gasteiger partial charge in [-0.15, -0.1) is 0 Å². The van der Waals surface area contributed by atoms with Crippen LogP contribution in [0.25, 0.3) is 10.9 Å². The molecule has 0 radical (unpaired) electrons. The molecule has 0 aliphatic carbocycles. The maximum Gasteiger partial charge on any atom is 0.227 e. The second-order valence-electron chi connectivity index (χ2n) is 5.46. The van der Waals surface area contributed by atoms with E-state index in [1.807, 2.05) is 0 Å². The number of nitrogens with zero attached hydrogens (tertiary/aromatic N) is 1. The molecule has 6 heteroatoms. The summed E-state index contributed by atoms with van der Waals surface area (Å²) in [4.78, 5) is 17.0. The molecule has 1 amide bonds. The van der Waals surface area contributed by atoms with Crippen molar-refractivity contribution >= 4 is 16.8 Å². The number of rotatable bonds is 6. The highest BCUT2D eigenvalue weighted by molar-refractivity contribution is 5.89. The molecule has 1 fully saturated rings. The van der Waals surface area contributed by atoms with Crippen LogP contribution in [0.4, 0.5) is 4.39 Å². The Morgan fingerprint density at radius 3 is 3.00 bits per heavy atom. The van der Waals surface area contributed by atoms with E-state index in [1.54, 1.807) is 24.3 Å². The minimum absolute atomic E-state index is 0.0665. The van der Waals surface area contributed by atoms with Gasteiger partial charge in [0, 0.05) is 37.3 Å². The van der Waals surface area contributed by atoms with E-state index in [0.717, 1.165) is 10.9 Å². The fourth-order valence-corrected chi connectivity index (χ4v) is 2.62. The van der Waals surface area contributed by atoms with E-state index in [4.69, 9.17) is 9.47 Å². The number of carbonyl (C=O) groups excluding carboxylic acids is 1. The minimum atomic E-state index is -0.286. The molecule has 1 aliphatic heterocycles. The van der Waals surface area contributed by atoms with Crippen molar-refractivity contribution in [3.05, 3.63) is 35.8 Å². The lowest BCUT2D eigenvalue weighted by Gasteiger charge is -2.39. The van der Waals surface area contributed by atoms with Gasteiger partial charge < -0.3 is 19.4 Å². The molecule has 22 heavy (non-hydrogen) atoms. The zero-order valence-electron chi connectivity index (χ0n) is 12.5. The number of benzene rings is 1. The van der Waals surface area contributed by atoms with Gasteiger partial charge in [-0.3, -0.25) is 4.79 Å². The third-order valence-electron chi connectivity index (χ3n) is 3.91. The van der Waals surface area contributed by atoms with Gasteiger partial charge in [-0.25, -0.2) is 4.39 Å². The molecular weight excluding hydrogens is 287 g/mol. The third-order valence-corrected chi connectivity index (χ3v) is 3.91. The number of hydrogen-bond donors (Lipinski definition) is 1. The van der Waals surface area contributed by atoms with Crippen molar-refractivity contribution in [1.29, 1.82) is 0 Å². The lowest BCUT2D eigenvalue weighted by Crippen LogP contribution is -2.55. The first-order valence-corrected chi connectivity index (χ1v) is 7.31. The zero-order valence-corrected chi connectivity index (χ0v) is 12.5. The molecule has 1 saturated heterocycles. The van der Waals surface area contributed by atoms with Crippen LogP contribution in [0.3, 0.4) is 0 Å². The van der Waals surface area contributed by atoms with Gasteiger partial charge in [0.05, 0.1) is 25.7 Å². The Hall–Kier alpha value is -1.92. The van der Waals surface area contributed by atoms with Crippen molar-refractivity contribution in [3.8, 4) is 0 Å². The summed E-state index contributed by atoms with van der Waals surface area (Å²) in [6.07, 6.45) is 2.20. The number of amides is 1. The van der Waals surface area contributed by atoms with Crippen molar-refractivity contribution in [2.75, 3.05) is 33.4 Å². The number of aromatic nitrogens is 1. The molecule has 0 unspecified atom stereocenters. The summed E-state index contributed by atoms with van der Waals surface area (Å²) in [5.74, 6) is -0.220. The largest absolute Gasteiger partial charge is 0.382 e. The second kappa shape index (κ2) is 6.46. The smallest absolute Gasteiger partial charge is 0.227 e. The Morgan fingerprint density at radius 2 is 2.23 bits per heavy atom. The number of halogens is 1. The molecule has 1 N–H and O–H groups in total. The predicted molar refractivity (Wildman–Crippen MR) is 80.2 cm³/mol. The standard InChI is InChI=1S/C16H19FN2O3/c1-21-4-5-22-13-9-19(10-13)16(20)6-11-8-18-15-7-12(17)2-3-14(11)15/h2-3,7-8,13,18H,4-6,9-10H2,1H3. The Bertz CT molecular complexity index is 664. The quantitative estimate of drug-likeness (QED) is 0.827. The van der Waals surface area contributed by atoms with Crippen molar-refractivity contribution in [1.82, 2.24) is 9.88 Å². The van der Waals surface area contributed by atoms with E-state index in [2.05, 4.69) is 4.98 Å². The first-order valence-electron chi connectivity index (χ1n) is 7.31. The van der Waals surface area contributed by atoms with Gasteiger partial charge in [0.25, 0.3) is 0 Å². The number of ether oxygens (including phenoxy) is 2. The van der Waals surface area contributed by atoms with Crippen molar-refractivity contribution in [2.45, 2.75) is 12.5 Å². The highest BCUT2D eigenvalue weighted by Gasteiger charge is 2.31. The summed E-state index contributed by atoms with van der Waals surface area (Å²) in [6.45, 7) is 2.37. The summed E-state index contributed by atoms with van der Waals surface area (Å²) in [5.41, 5.74) is 1.61. The number of nitrogens with one attached hydrogen (secondary N) is 1. The van der Waals surface area contributed by atoms with Crippen molar-refractivity contribution in [2.24, 2.45) is 0 Å². The number of aromatic amines is 1. The van der Waals surface area contributed by atoms with Crippen LogP contribution in [0.15, 0.2) is 24.4 Å². The molecule has 118 valence electrons. The molecule has 5 nitrogen and oxygen atoms in total. The third kappa shape index (κ3) is 3.13. The van der Waals surface area contributed by atoms with E-state index in [1.165, 1.54) is 12.1 Å². The normalized spacial score (nSPS) is 15.3. The summed E-state index contributed by atoms with van der Waals surface area (Å²) in [5, 5.41) is 0.892. The molecular formula is C16H19FN2O3. The Morgan fingerprint density at radius 1 is 1.41 bits per heavy atom. The Balaban J connectivity index is 1.54. The van der Waals surface area contributed by atoms with Crippen LogP contribution in [-0.4, -0.2) is 55.3 Å². The molecule has 1 aliphatic rings. The van der Waals surface area contributed by atoms with Crippen LogP contribution in [0.1, 0.15) is 5.56 Å². The summed E-state index contributed by atoms with van der Waals surface area (Å²) in [6, 6.07) is 4.55. The maximum absolute atomic E-state index is 13.2. The Kier molecular flexibility index (Phi) is 4.40. The fourth-order valence-electron chi connectivity index (χ4n) is 2.62. The van der Waals surface area contributed by atoms with Crippen molar-refractivity contribution in [3.63, 3.8) is 0 Å². The summed E-state index contributed by atoms with van der Waals surface area (Å²) >= 11 is 0. The van der Waals surface area contributed by atoms with Gasteiger partial charge in [0.2, 0.25) is 5.91 Å². The zero-order chi connectivity index (χ0) is 15.5. The van der Waals surface area contributed by atoms with Gasteiger partial charge in [0.15, 0.2) is 0 Å². The SMILES string of the molecule is COCCOC1CN(C(=O)Cc2c[nH]c3cc(F)ccc23)C1. The molecule has 0 bridgehead atoms. The lowest BCUT2D eigenvalue weighted by atomic mass is 10.1. The number of hydrogen-bond acceptors (Lipinski definition) is 3. The monoisotopic (exact) mass is 306 g/mol. The van der Waals surface area contributed by atoms with Gasteiger partial charge in [-0.2, -0.15) is 0 Å². The topological polar surface area (TPSA) is 54.6 Å². The number of fused-ring (bicyclic) bond motifs is 1. The molecule has 3 rings (SSSR count).